The molecule has 0 N–H and O–H groups in total. The van der Waals surface area contributed by atoms with E-state index in [0.717, 1.165) is 5.21 Å². The van der Waals surface area contributed by atoms with Crippen LogP contribution in [0.2, 0.25) is 5.21 Å². The summed E-state index contributed by atoms with van der Waals surface area (Å²) in [4.78, 5) is 0. The Bertz CT molecular complexity index is 682. The molecule has 0 atom stereocenters. The Morgan fingerprint density at radius 1 is 0.652 bits per heavy atom. The third-order valence-electron chi connectivity index (χ3n) is 4.36. The molecular formula is C21H20AsI. The average molecular weight is 474 g/mol. The summed E-state index contributed by atoms with van der Waals surface area (Å²) in [6.07, 6.45) is 2.10. The molecule has 2 heteroatoms. The zero-order valence-corrected chi connectivity index (χ0v) is 17.0. The molecule has 0 amide bonds. The van der Waals surface area contributed by atoms with Crippen LogP contribution in [0, 0.1) is 0 Å². The summed E-state index contributed by atoms with van der Waals surface area (Å²) in [5, 5.41) is 0.997. The van der Waals surface area contributed by atoms with E-state index in [9.17, 15) is 0 Å². The molecule has 3 aromatic rings. The Morgan fingerprint density at radius 2 is 0.957 bits per heavy atom. The molecule has 0 spiro atoms. The van der Waals surface area contributed by atoms with E-state index in [1.807, 2.05) is 0 Å². The second-order valence-electron chi connectivity index (χ2n) is 5.66. The van der Waals surface area contributed by atoms with Gasteiger partial charge in [0.25, 0.3) is 0 Å². The van der Waals surface area contributed by atoms with Crippen LogP contribution in [0.3, 0.4) is 0 Å². The first-order chi connectivity index (χ1) is 11.2. The van der Waals surface area contributed by atoms with Crippen molar-refractivity contribution in [3.63, 3.8) is 0 Å². The second-order valence-corrected chi connectivity index (χ2v) is 25.7. The Hall–Kier alpha value is -1.31. The maximum absolute atomic E-state index is 4.11. The van der Waals surface area contributed by atoms with Gasteiger partial charge >= 0.3 is 151 Å². The number of allylic oxidation sites excluding steroid dienone is 1. The summed E-state index contributed by atoms with van der Waals surface area (Å²) in [6.45, 7) is 4.11. The molecule has 0 unspecified atom stereocenters. The molecule has 0 bridgehead atoms. The van der Waals surface area contributed by atoms with E-state index < -0.39 is 9.10 Å². The van der Waals surface area contributed by atoms with E-state index in [-0.39, 0.29) is 0 Å². The minimum absolute atomic E-state index is 0.997. The van der Waals surface area contributed by atoms with Crippen LogP contribution in [0.5, 0.6) is 0 Å². The molecule has 0 aromatic heterocycles. The predicted octanol–water partition coefficient (Wildman–Crippen LogP) is 4.23. The normalized spacial score (nSPS) is 13.0. The summed E-state index contributed by atoms with van der Waals surface area (Å²) in [5.41, 5.74) is 0. The molecule has 0 saturated carbocycles. The van der Waals surface area contributed by atoms with Crippen LogP contribution in [-0.4, -0.2) is 9.10 Å². The van der Waals surface area contributed by atoms with Gasteiger partial charge in [-0.1, -0.05) is 0 Å². The summed E-state index contributed by atoms with van der Waals surface area (Å²) >= 11 is 2.81. The minimum atomic E-state index is -3.27. The first-order valence-electron chi connectivity index (χ1n) is 7.70. The monoisotopic (exact) mass is 474 g/mol. The number of hydrogen-bond acceptors (Lipinski definition) is 0. The molecule has 116 valence electrons. The molecule has 0 radical (unpaired) electrons. The van der Waals surface area contributed by atoms with Gasteiger partial charge in [0.15, 0.2) is 0 Å². The van der Waals surface area contributed by atoms with Crippen molar-refractivity contribution in [3.8, 4) is 0 Å². The molecule has 3 rings (SSSR count). The third-order valence-corrected chi connectivity index (χ3v) is 25.7. The Kier molecular flexibility index (Phi) is 4.79. The predicted molar refractivity (Wildman–Crippen MR) is 113 cm³/mol. The second kappa shape index (κ2) is 6.66. The molecular weight excluding hydrogens is 454 g/mol. The van der Waals surface area contributed by atoms with Crippen LogP contribution < -0.4 is 13.1 Å². The van der Waals surface area contributed by atoms with Crippen molar-refractivity contribution in [2.75, 3.05) is 0 Å². The van der Waals surface area contributed by atoms with Crippen LogP contribution in [0.25, 0.3) is 0 Å². The Labute approximate surface area is 150 Å². The molecule has 0 heterocycles. The fourth-order valence-corrected chi connectivity index (χ4v) is 18.9. The van der Waals surface area contributed by atoms with Crippen molar-refractivity contribution < 1.29 is 0 Å². The van der Waals surface area contributed by atoms with Crippen molar-refractivity contribution in [1.82, 2.24) is 0 Å². The SMILES string of the molecule is C=CC[As](I)(c1ccccc1)(c1ccccc1)c1ccccc1. The van der Waals surface area contributed by atoms with Gasteiger partial charge in [-0.3, -0.25) is 0 Å². The van der Waals surface area contributed by atoms with Gasteiger partial charge < -0.3 is 0 Å². The van der Waals surface area contributed by atoms with Crippen molar-refractivity contribution in [3.05, 3.63) is 104 Å². The molecule has 0 nitrogen and oxygen atoms in total. The van der Waals surface area contributed by atoms with Crippen LogP contribution in [0.15, 0.2) is 104 Å². The van der Waals surface area contributed by atoms with Gasteiger partial charge in [-0.25, -0.2) is 0 Å². The molecule has 3 aromatic carbocycles. The van der Waals surface area contributed by atoms with Gasteiger partial charge in [-0.05, 0) is 0 Å². The van der Waals surface area contributed by atoms with Crippen LogP contribution in [0.4, 0.5) is 0 Å². The van der Waals surface area contributed by atoms with Gasteiger partial charge in [-0.15, -0.1) is 0 Å². The molecule has 0 fully saturated rings. The van der Waals surface area contributed by atoms with Crippen molar-refractivity contribution in [1.29, 1.82) is 0 Å². The van der Waals surface area contributed by atoms with E-state index in [2.05, 4.69) is 124 Å². The average Bonchev–Trinajstić information content (AvgIpc) is 2.64. The topological polar surface area (TPSA) is 0 Å². The number of hydrogen-bond donors (Lipinski definition) is 0. The van der Waals surface area contributed by atoms with Crippen LogP contribution in [0.1, 0.15) is 0 Å². The first-order valence-corrected chi connectivity index (χ1v) is 17.6. The van der Waals surface area contributed by atoms with Crippen LogP contribution in [-0.2, 0) is 0 Å². The van der Waals surface area contributed by atoms with Crippen LogP contribution >= 0.6 is 20.1 Å². The standard InChI is InChI=1S/C21H20AsI/c1-2-18-22(23,19-12-6-3-7-13-19,20-14-8-4-9-15-20)21-16-10-5-11-17-21/h2-17H,1,18H2. The molecule has 0 saturated heterocycles. The Morgan fingerprint density at radius 3 is 1.22 bits per heavy atom. The van der Waals surface area contributed by atoms with E-state index in [1.165, 1.54) is 13.1 Å². The number of benzene rings is 3. The fourth-order valence-electron chi connectivity index (χ4n) is 3.22. The molecule has 0 aliphatic carbocycles. The van der Waals surface area contributed by atoms with E-state index >= 15 is 0 Å². The van der Waals surface area contributed by atoms with Gasteiger partial charge in [0.1, 0.15) is 0 Å². The number of rotatable bonds is 5. The van der Waals surface area contributed by atoms with E-state index in [0.29, 0.717) is 0 Å². The zero-order chi connectivity index (χ0) is 16.2. The number of halogens is 1. The molecule has 0 aliphatic heterocycles. The zero-order valence-electron chi connectivity index (χ0n) is 13.0. The Balaban J connectivity index is 2.43. The van der Waals surface area contributed by atoms with E-state index in [4.69, 9.17) is 0 Å². The maximum atomic E-state index is 4.11. The molecule has 0 aliphatic rings. The summed E-state index contributed by atoms with van der Waals surface area (Å²) < 4.78 is 4.34. The van der Waals surface area contributed by atoms with Gasteiger partial charge in [-0.2, -0.15) is 0 Å². The summed E-state index contributed by atoms with van der Waals surface area (Å²) in [5.74, 6) is 0. The van der Waals surface area contributed by atoms with Gasteiger partial charge in [0, 0.05) is 0 Å². The van der Waals surface area contributed by atoms with Crippen molar-refractivity contribution in [2.45, 2.75) is 5.21 Å². The quantitative estimate of drug-likeness (QED) is 0.295. The fraction of sp³-hybridized carbons (Fsp3) is 0.0476. The summed E-state index contributed by atoms with van der Waals surface area (Å²) in [7, 11) is -3.27. The van der Waals surface area contributed by atoms with Crippen molar-refractivity contribution >= 4 is 42.3 Å². The summed E-state index contributed by atoms with van der Waals surface area (Å²) in [6, 6.07) is 33.0. The first kappa shape index (κ1) is 16.5. The van der Waals surface area contributed by atoms with Gasteiger partial charge in [0.2, 0.25) is 0 Å². The van der Waals surface area contributed by atoms with Gasteiger partial charge in [0.05, 0.1) is 0 Å². The molecule has 23 heavy (non-hydrogen) atoms. The van der Waals surface area contributed by atoms with Crippen molar-refractivity contribution in [2.24, 2.45) is 0 Å². The third kappa shape index (κ3) is 2.70. The van der Waals surface area contributed by atoms with E-state index in [1.54, 1.807) is 0 Å².